The molecule has 1 heterocycles. The molecule has 0 bridgehead atoms. The molecular weight excluding hydrogens is 244 g/mol. The number of pyridine rings is 1. The van der Waals surface area contributed by atoms with Gasteiger partial charge in [-0.3, -0.25) is 9.78 Å². The molecule has 104 valence electrons. The second kappa shape index (κ2) is 6.31. The van der Waals surface area contributed by atoms with Crippen LogP contribution < -0.4 is 0 Å². The van der Waals surface area contributed by atoms with Crippen LogP contribution in [0.4, 0.5) is 0 Å². The predicted molar refractivity (Wildman–Crippen MR) is 72.2 cm³/mol. The number of nitrogens with zero attached hydrogens (tertiary/aromatic N) is 2. The number of rotatable bonds is 5. The Balaban J connectivity index is 3.02. The lowest BCUT2D eigenvalue weighted by Crippen LogP contribution is -2.40. The van der Waals surface area contributed by atoms with Gasteiger partial charge in [-0.05, 0) is 31.9 Å². The summed E-state index contributed by atoms with van der Waals surface area (Å²) in [5, 5.41) is 8.93. The van der Waals surface area contributed by atoms with Gasteiger partial charge in [0, 0.05) is 18.8 Å². The Morgan fingerprint density at radius 3 is 2.42 bits per heavy atom. The predicted octanol–water partition coefficient (Wildman–Crippen LogP) is 2.29. The van der Waals surface area contributed by atoms with Crippen molar-refractivity contribution in [1.82, 2.24) is 9.88 Å². The van der Waals surface area contributed by atoms with Gasteiger partial charge in [0.1, 0.15) is 5.69 Å². The van der Waals surface area contributed by atoms with Gasteiger partial charge >= 0.3 is 5.97 Å². The summed E-state index contributed by atoms with van der Waals surface area (Å²) in [5.41, 5.74) is 0.251. The van der Waals surface area contributed by atoms with Gasteiger partial charge in [0.15, 0.2) is 0 Å². The lowest BCUT2D eigenvalue weighted by molar-refractivity contribution is 0.0676. The molecule has 0 saturated heterocycles. The number of aromatic carboxylic acids is 1. The molecule has 1 aromatic heterocycles. The normalized spacial score (nSPS) is 10.8. The van der Waals surface area contributed by atoms with Crippen LogP contribution in [0, 0.1) is 5.92 Å². The van der Waals surface area contributed by atoms with Gasteiger partial charge in [-0.15, -0.1) is 0 Å². The minimum absolute atomic E-state index is 0.0465. The second-order valence-corrected chi connectivity index (χ2v) is 5.18. The first-order chi connectivity index (χ1) is 8.82. The van der Waals surface area contributed by atoms with Crippen LogP contribution in [-0.4, -0.2) is 39.5 Å². The highest BCUT2D eigenvalue weighted by molar-refractivity contribution is 5.95. The molecule has 0 aliphatic carbocycles. The van der Waals surface area contributed by atoms with E-state index in [-0.39, 0.29) is 23.2 Å². The monoisotopic (exact) mass is 264 g/mol. The van der Waals surface area contributed by atoms with Crippen molar-refractivity contribution < 1.29 is 14.7 Å². The maximum absolute atomic E-state index is 12.4. The number of aromatic nitrogens is 1. The molecule has 1 N–H and O–H groups in total. The van der Waals surface area contributed by atoms with E-state index < -0.39 is 5.97 Å². The van der Waals surface area contributed by atoms with Gasteiger partial charge in [0.25, 0.3) is 5.91 Å². The molecule has 1 aromatic rings. The Labute approximate surface area is 113 Å². The number of amides is 1. The molecular formula is C14H20N2O3. The number of hydrogen-bond acceptors (Lipinski definition) is 3. The Morgan fingerprint density at radius 1 is 1.32 bits per heavy atom. The highest BCUT2D eigenvalue weighted by Gasteiger charge is 2.21. The van der Waals surface area contributed by atoms with Crippen molar-refractivity contribution in [2.24, 2.45) is 5.92 Å². The van der Waals surface area contributed by atoms with E-state index in [9.17, 15) is 9.59 Å². The summed E-state index contributed by atoms with van der Waals surface area (Å²) in [5.74, 6) is -0.947. The zero-order chi connectivity index (χ0) is 14.6. The lowest BCUT2D eigenvalue weighted by Gasteiger charge is -2.28. The average molecular weight is 264 g/mol. The van der Waals surface area contributed by atoms with Crippen LogP contribution in [-0.2, 0) is 0 Å². The lowest BCUT2D eigenvalue weighted by atomic mass is 10.1. The largest absolute Gasteiger partial charge is 0.478 e. The van der Waals surface area contributed by atoms with Gasteiger partial charge in [-0.25, -0.2) is 4.79 Å². The van der Waals surface area contributed by atoms with Crippen molar-refractivity contribution in [3.05, 3.63) is 29.6 Å². The minimum Gasteiger partial charge on any atom is -0.478 e. The van der Waals surface area contributed by atoms with E-state index >= 15 is 0 Å². The van der Waals surface area contributed by atoms with Crippen molar-refractivity contribution in [3.63, 3.8) is 0 Å². The van der Waals surface area contributed by atoms with E-state index in [2.05, 4.69) is 4.98 Å². The SMILES string of the molecule is CC(C)CN(C(=O)c1cc(C(=O)O)ccn1)C(C)C. The van der Waals surface area contributed by atoms with Crippen LogP contribution in [0.15, 0.2) is 18.3 Å². The Hall–Kier alpha value is -1.91. The third kappa shape index (κ3) is 4.05. The molecule has 19 heavy (non-hydrogen) atoms. The number of carboxylic acids is 1. The van der Waals surface area contributed by atoms with Crippen LogP contribution in [0.25, 0.3) is 0 Å². The summed E-state index contributed by atoms with van der Waals surface area (Å²) in [6.45, 7) is 8.55. The first kappa shape index (κ1) is 15.1. The Bertz CT molecular complexity index is 470. The van der Waals surface area contributed by atoms with E-state index in [1.807, 2.05) is 27.7 Å². The van der Waals surface area contributed by atoms with Gasteiger partial charge in [-0.1, -0.05) is 13.8 Å². The molecule has 0 unspecified atom stereocenters. The topological polar surface area (TPSA) is 70.5 Å². The third-order valence-corrected chi connectivity index (χ3v) is 2.67. The van der Waals surface area contributed by atoms with E-state index in [1.165, 1.54) is 18.3 Å². The zero-order valence-corrected chi connectivity index (χ0v) is 11.8. The summed E-state index contributed by atoms with van der Waals surface area (Å²) < 4.78 is 0. The molecule has 0 radical (unpaired) electrons. The fourth-order valence-corrected chi connectivity index (χ4v) is 1.75. The molecule has 0 aliphatic heterocycles. The molecule has 5 heteroatoms. The van der Waals surface area contributed by atoms with Crippen molar-refractivity contribution in [2.75, 3.05) is 6.54 Å². The average Bonchev–Trinajstić information content (AvgIpc) is 2.34. The van der Waals surface area contributed by atoms with Crippen molar-refractivity contribution in [3.8, 4) is 0 Å². The second-order valence-electron chi connectivity index (χ2n) is 5.18. The first-order valence-electron chi connectivity index (χ1n) is 6.33. The third-order valence-electron chi connectivity index (χ3n) is 2.67. The van der Waals surface area contributed by atoms with Gasteiger partial charge in [0.2, 0.25) is 0 Å². The van der Waals surface area contributed by atoms with E-state index in [0.717, 1.165) is 0 Å². The molecule has 0 aliphatic rings. The van der Waals surface area contributed by atoms with Crippen molar-refractivity contribution in [1.29, 1.82) is 0 Å². The Kier molecular flexibility index (Phi) is 5.03. The molecule has 1 rings (SSSR count). The van der Waals surface area contributed by atoms with E-state index in [1.54, 1.807) is 4.90 Å². The molecule has 0 spiro atoms. The van der Waals surface area contributed by atoms with Crippen LogP contribution in [0.5, 0.6) is 0 Å². The number of hydrogen-bond donors (Lipinski definition) is 1. The van der Waals surface area contributed by atoms with Crippen molar-refractivity contribution >= 4 is 11.9 Å². The standard InChI is InChI=1S/C14H20N2O3/c1-9(2)8-16(10(3)4)13(17)12-7-11(14(18)19)5-6-15-12/h5-7,9-10H,8H2,1-4H3,(H,18,19). The van der Waals surface area contributed by atoms with Gasteiger partial charge in [-0.2, -0.15) is 0 Å². The molecule has 0 aromatic carbocycles. The van der Waals surface area contributed by atoms with Crippen molar-refractivity contribution in [2.45, 2.75) is 33.7 Å². The molecule has 1 amide bonds. The van der Waals surface area contributed by atoms with E-state index in [0.29, 0.717) is 12.5 Å². The molecule has 0 fully saturated rings. The van der Waals surface area contributed by atoms with Gasteiger partial charge in [0.05, 0.1) is 5.56 Å². The number of carbonyl (C=O) groups is 2. The highest BCUT2D eigenvalue weighted by Crippen LogP contribution is 2.11. The highest BCUT2D eigenvalue weighted by atomic mass is 16.4. The summed E-state index contributed by atoms with van der Waals surface area (Å²) in [6, 6.07) is 2.74. The molecule has 5 nitrogen and oxygen atoms in total. The van der Waals surface area contributed by atoms with Crippen LogP contribution in [0.1, 0.15) is 48.5 Å². The van der Waals surface area contributed by atoms with E-state index in [4.69, 9.17) is 5.11 Å². The number of carboxylic acid groups (broad SMARTS) is 1. The first-order valence-corrected chi connectivity index (χ1v) is 6.33. The summed E-state index contributed by atoms with van der Waals surface area (Å²) in [6.07, 6.45) is 1.35. The fraction of sp³-hybridized carbons (Fsp3) is 0.500. The van der Waals surface area contributed by atoms with Crippen LogP contribution in [0.3, 0.4) is 0 Å². The summed E-state index contributed by atoms with van der Waals surface area (Å²) in [4.78, 5) is 29.0. The summed E-state index contributed by atoms with van der Waals surface area (Å²) >= 11 is 0. The number of carbonyl (C=O) groups excluding carboxylic acids is 1. The Morgan fingerprint density at radius 2 is 1.95 bits per heavy atom. The van der Waals surface area contributed by atoms with Crippen LogP contribution >= 0.6 is 0 Å². The maximum Gasteiger partial charge on any atom is 0.335 e. The smallest absolute Gasteiger partial charge is 0.335 e. The van der Waals surface area contributed by atoms with Gasteiger partial charge < -0.3 is 10.0 Å². The maximum atomic E-state index is 12.4. The van der Waals surface area contributed by atoms with Crippen LogP contribution in [0.2, 0.25) is 0 Å². The quantitative estimate of drug-likeness (QED) is 0.885. The molecule has 0 saturated carbocycles. The minimum atomic E-state index is -1.06. The molecule has 0 atom stereocenters. The zero-order valence-electron chi connectivity index (χ0n) is 11.8. The fourth-order valence-electron chi connectivity index (χ4n) is 1.75. The summed E-state index contributed by atoms with van der Waals surface area (Å²) in [7, 11) is 0.